The number of amides is 1. The Morgan fingerprint density at radius 1 is 1.38 bits per heavy atom. The highest BCUT2D eigenvalue weighted by atomic mass is 32.1. The largest absolute Gasteiger partial charge is 0.469 e. The van der Waals surface area contributed by atoms with Gasteiger partial charge >= 0.3 is 5.97 Å². The van der Waals surface area contributed by atoms with Gasteiger partial charge in [0.05, 0.1) is 25.3 Å². The van der Waals surface area contributed by atoms with Gasteiger partial charge in [0.25, 0.3) is 0 Å². The molecule has 1 aromatic carbocycles. The van der Waals surface area contributed by atoms with Crippen molar-refractivity contribution in [2.24, 2.45) is 0 Å². The monoisotopic (exact) mass is 345 g/mol. The number of carbonyl (C=O) groups excluding carboxylic acids is 2. The zero-order valence-electron chi connectivity index (χ0n) is 13.4. The summed E-state index contributed by atoms with van der Waals surface area (Å²) < 4.78 is 4.76. The Morgan fingerprint density at radius 3 is 2.83 bits per heavy atom. The number of methoxy groups -OCH3 is 1. The van der Waals surface area contributed by atoms with E-state index >= 15 is 0 Å². The Hall–Kier alpha value is -2.25. The van der Waals surface area contributed by atoms with Gasteiger partial charge in [-0.25, -0.2) is 4.98 Å². The smallest absolute Gasteiger partial charge is 0.310 e. The van der Waals surface area contributed by atoms with E-state index < -0.39 is 0 Å². The molecular weight excluding hydrogens is 326 g/mol. The number of thiazole rings is 1. The molecule has 7 heteroatoms. The summed E-state index contributed by atoms with van der Waals surface area (Å²) in [6.45, 7) is 0.860. The van der Waals surface area contributed by atoms with Gasteiger partial charge in [-0.15, -0.1) is 11.3 Å². The van der Waals surface area contributed by atoms with Crippen LogP contribution < -0.4 is 10.6 Å². The normalized spacial score (nSPS) is 16.8. The lowest BCUT2D eigenvalue weighted by Crippen LogP contribution is -2.35. The fourth-order valence-corrected chi connectivity index (χ4v) is 3.62. The van der Waals surface area contributed by atoms with Gasteiger partial charge in [-0.1, -0.05) is 30.3 Å². The van der Waals surface area contributed by atoms with Crippen molar-refractivity contribution >= 4 is 28.3 Å². The molecule has 1 aliphatic heterocycles. The summed E-state index contributed by atoms with van der Waals surface area (Å²) >= 11 is 1.31. The van der Waals surface area contributed by atoms with Crippen LogP contribution in [0.15, 0.2) is 30.3 Å². The summed E-state index contributed by atoms with van der Waals surface area (Å²) in [6, 6.07) is 9.44. The molecule has 1 amide bonds. The minimum Gasteiger partial charge on any atom is -0.469 e. The highest BCUT2D eigenvalue weighted by Crippen LogP contribution is 2.32. The first-order valence-corrected chi connectivity index (χ1v) is 8.65. The highest BCUT2D eigenvalue weighted by molar-refractivity contribution is 7.16. The second-order valence-electron chi connectivity index (χ2n) is 5.55. The number of aromatic nitrogens is 1. The van der Waals surface area contributed by atoms with Crippen molar-refractivity contribution in [3.8, 4) is 11.3 Å². The molecule has 126 valence electrons. The molecule has 1 fully saturated rings. The summed E-state index contributed by atoms with van der Waals surface area (Å²) in [5.41, 5.74) is 1.62. The summed E-state index contributed by atoms with van der Waals surface area (Å²) in [5, 5.41) is 6.53. The van der Waals surface area contributed by atoms with Crippen LogP contribution in [0, 0.1) is 0 Å². The first-order valence-electron chi connectivity index (χ1n) is 7.83. The van der Waals surface area contributed by atoms with Gasteiger partial charge in [-0.2, -0.15) is 0 Å². The summed E-state index contributed by atoms with van der Waals surface area (Å²) in [4.78, 5) is 29.2. The fraction of sp³-hybridized carbons (Fsp3) is 0.353. The zero-order chi connectivity index (χ0) is 16.9. The summed E-state index contributed by atoms with van der Waals surface area (Å²) in [6.07, 6.45) is 1.96. The first-order chi connectivity index (χ1) is 11.7. The van der Waals surface area contributed by atoms with E-state index in [1.165, 1.54) is 18.4 Å². The van der Waals surface area contributed by atoms with Gasteiger partial charge in [-0.05, 0) is 19.4 Å². The van der Waals surface area contributed by atoms with Crippen LogP contribution in [0.25, 0.3) is 11.3 Å². The van der Waals surface area contributed by atoms with Crippen molar-refractivity contribution in [3.05, 3.63) is 35.2 Å². The second kappa shape index (κ2) is 7.55. The summed E-state index contributed by atoms with van der Waals surface area (Å²) in [7, 11) is 1.36. The van der Waals surface area contributed by atoms with E-state index in [-0.39, 0.29) is 24.3 Å². The predicted molar refractivity (Wildman–Crippen MR) is 92.9 cm³/mol. The van der Waals surface area contributed by atoms with Crippen LogP contribution in [0.4, 0.5) is 5.13 Å². The molecular formula is C17H19N3O3S. The van der Waals surface area contributed by atoms with Crippen LogP contribution in [0.2, 0.25) is 0 Å². The van der Waals surface area contributed by atoms with Crippen molar-refractivity contribution in [1.29, 1.82) is 0 Å². The molecule has 2 aromatic rings. The molecule has 0 saturated carbocycles. The molecule has 1 unspecified atom stereocenters. The molecule has 0 bridgehead atoms. The molecule has 0 spiro atoms. The lowest BCUT2D eigenvalue weighted by Gasteiger charge is -2.08. The topological polar surface area (TPSA) is 80.3 Å². The van der Waals surface area contributed by atoms with E-state index in [0.717, 1.165) is 29.8 Å². The lowest BCUT2D eigenvalue weighted by molar-refractivity contribution is -0.139. The van der Waals surface area contributed by atoms with Crippen LogP contribution in [-0.4, -0.2) is 36.6 Å². The van der Waals surface area contributed by atoms with Crippen LogP contribution in [-0.2, 0) is 20.7 Å². The molecule has 1 atom stereocenters. The van der Waals surface area contributed by atoms with Crippen LogP contribution in [0.1, 0.15) is 17.7 Å². The molecule has 1 aromatic heterocycles. The maximum atomic E-state index is 12.3. The van der Waals surface area contributed by atoms with E-state index in [9.17, 15) is 9.59 Å². The number of hydrogen-bond acceptors (Lipinski definition) is 6. The van der Waals surface area contributed by atoms with Crippen molar-refractivity contribution in [2.75, 3.05) is 19.0 Å². The molecule has 3 rings (SSSR count). The number of esters is 1. The van der Waals surface area contributed by atoms with Crippen LogP contribution in [0.5, 0.6) is 0 Å². The number of nitrogens with zero attached hydrogens (tertiary/aromatic N) is 1. The molecule has 0 radical (unpaired) electrons. The highest BCUT2D eigenvalue weighted by Gasteiger charge is 2.24. The van der Waals surface area contributed by atoms with Gasteiger partial charge in [0, 0.05) is 10.4 Å². The van der Waals surface area contributed by atoms with Crippen LogP contribution in [0.3, 0.4) is 0 Å². The minimum atomic E-state index is -0.328. The Kier molecular flexibility index (Phi) is 5.22. The van der Waals surface area contributed by atoms with Gasteiger partial charge < -0.3 is 15.4 Å². The predicted octanol–water partition coefficient (Wildman–Crippen LogP) is 2.22. The molecule has 2 heterocycles. The Bertz CT molecular complexity index is 724. The van der Waals surface area contributed by atoms with Crippen molar-refractivity contribution in [2.45, 2.75) is 25.3 Å². The summed E-state index contributed by atoms with van der Waals surface area (Å²) in [5.74, 6) is -0.406. The Balaban J connectivity index is 1.85. The van der Waals surface area contributed by atoms with Gasteiger partial charge in [0.2, 0.25) is 5.91 Å². The lowest BCUT2D eigenvalue weighted by atomic mass is 10.1. The minimum absolute atomic E-state index is 0.0783. The average Bonchev–Trinajstić information content (AvgIpc) is 3.25. The molecule has 1 saturated heterocycles. The van der Waals surface area contributed by atoms with Gasteiger partial charge in [0.15, 0.2) is 5.13 Å². The van der Waals surface area contributed by atoms with E-state index in [1.807, 2.05) is 30.3 Å². The first kappa shape index (κ1) is 16.6. The van der Waals surface area contributed by atoms with Gasteiger partial charge in [-0.3, -0.25) is 9.59 Å². The molecule has 2 N–H and O–H groups in total. The van der Waals surface area contributed by atoms with Gasteiger partial charge in [0.1, 0.15) is 0 Å². The molecule has 0 aliphatic carbocycles. The third-order valence-electron chi connectivity index (χ3n) is 3.88. The SMILES string of the molecule is COC(=O)Cc1sc(NC(=O)C2CCCN2)nc1-c1ccccc1. The van der Waals surface area contributed by atoms with E-state index in [1.54, 1.807) is 0 Å². The Labute approximate surface area is 144 Å². The van der Waals surface area contributed by atoms with E-state index in [2.05, 4.69) is 15.6 Å². The zero-order valence-corrected chi connectivity index (χ0v) is 14.2. The Morgan fingerprint density at radius 2 is 2.17 bits per heavy atom. The number of carbonyl (C=O) groups is 2. The standard InChI is InChI=1S/C17H19N3O3S/c1-23-14(21)10-13-15(11-6-3-2-4-7-11)19-17(24-13)20-16(22)12-8-5-9-18-12/h2-4,6-7,12,18H,5,8-10H2,1H3,(H,19,20,22). The second-order valence-corrected chi connectivity index (χ2v) is 6.63. The number of rotatable bonds is 5. The van der Waals surface area contributed by atoms with E-state index in [4.69, 9.17) is 4.74 Å². The quantitative estimate of drug-likeness (QED) is 0.812. The number of nitrogens with one attached hydrogen (secondary N) is 2. The third-order valence-corrected chi connectivity index (χ3v) is 4.85. The molecule has 1 aliphatic rings. The number of anilines is 1. The fourth-order valence-electron chi connectivity index (χ4n) is 2.65. The maximum absolute atomic E-state index is 12.3. The number of ether oxygens (including phenoxy) is 1. The molecule has 24 heavy (non-hydrogen) atoms. The molecule has 6 nitrogen and oxygen atoms in total. The number of hydrogen-bond donors (Lipinski definition) is 2. The third kappa shape index (κ3) is 3.80. The maximum Gasteiger partial charge on any atom is 0.310 e. The van der Waals surface area contributed by atoms with Crippen molar-refractivity contribution in [1.82, 2.24) is 10.3 Å². The van der Waals surface area contributed by atoms with Crippen LogP contribution >= 0.6 is 11.3 Å². The van der Waals surface area contributed by atoms with E-state index in [0.29, 0.717) is 10.8 Å². The average molecular weight is 345 g/mol. The number of benzene rings is 1. The van der Waals surface area contributed by atoms with Crippen molar-refractivity contribution in [3.63, 3.8) is 0 Å². The van der Waals surface area contributed by atoms with Crippen molar-refractivity contribution < 1.29 is 14.3 Å².